The van der Waals surface area contributed by atoms with Gasteiger partial charge in [0.25, 0.3) is 6.36 Å². The molecule has 0 aromatic heterocycles. The molecule has 0 amide bonds. The fourth-order valence-corrected chi connectivity index (χ4v) is 1.11. The summed E-state index contributed by atoms with van der Waals surface area (Å²) in [6.45, 7) is -3.12. The molecule has 0 aromatic rings. The third kappa shape index (κ3) is 6.22. The molecule has 20 heteroatoms. The predicted molar refractivity (Wildman–Crippen MR) is 54.8 cm³/mol. The van der Waals surface area contributed by atoms with Crippen LogP contribution in [0.2, 0.25) is 0 Å². The van der Waals surface area contributed by atoms with Gasteiger partial charge in [-0.1, -0.05) is 0 Å². The second kappa shape index (κ2) is 8.17. The smallest absolute Gasteiger partial charge is 0.307 e. The van der Waals surface area contributed by atoms with Crippen LogP contribution in [0.5, 0.6) is 0 Å². The Kier molecular flexibility index (Phi) is 7.74. The van der Waals surface area contributed by atoms with E-state index in [1.807, 2.05) is 4.74 Å². The largest absolute Gasteiger partial charge is 0.458 e. The Morgan fingerprint density at radius 2 is 1.17 bits per heavy atom. The van der Waals surface area contributed by atoms with Crippen molar-refractivity contribution in [3.63, 3.8) is 0 Å². The number of alkyl halides is 16. The molecule has 0 radical (unpaired) electrons. The molecule has 0 aliphatic carbocycles. The highest BCUT2D eigenvalue weighted by Gasteiger charge is 2.80. The summed E-state index contributed by atoms with van der Waals surface area (Å²) in [4.78, 5) is 9.72. The summed E-state index contributed by atoms with van der Waals surface area (Å²) in [6, 6.07) is 0. The zero-order chi connectivity index (χ0) is 24.6. The van der Waals surface area contributed by atoms with E-state index in [9.17, 15) is 75.0 Å². The van der Waals surface area contributed by atoms with Gasteiger partial charge in [-0.15, -0.1) is 0 Å². The molecule has 0 saturated heterocycles. The summed E-state index contributed by atoms with van der Waals surface area (Å²) in [5.41, 5.74) is 0. The number of ether oxygens (including phenoxy) is 3. The van der Waals surface area contributed by atoms with Gasteiger partial charge in [-0.2, -0.15) is 65.9 Å². The molecule has 2 atom stereocenters. The van der Waals surface area contributed by atoms with Crippen LogP contribution in [-0.4, -0.2) is 61.7 Å². The van der Waals surface area contributed by atoms with Crippen molar-refractivity contribution in [2.24, 2.45) is 0 Å². The van der Waals surface area contributed by atoms with Gasteiger partial charge in [-0.05, 0) is 0 Å². The van der Waals surface area contributed by atoms with Gasteiger partial charge in [0.15, 0.2) is 6.29 Å². The van der Waals surface area contributed by atoms with Crippen LogP contribution in [0, 0.1) is 0 Å². The van der Waals surface area contributed by atoms with Crippen molar-refractivity contribution in [2.45, 2.75) is 48.8 Å². The van der Waals surface area contributed by atoms with Crippen LogP contribution in [0.25, 0.3) is 0 Å². The lowest BCUT2D eigenvalue weighted by atomic mass is 10.2. The molecule has 4 nitrogen and oxygen atoms in total. The Balaban J connectivity index is 5.96. The van der Waals surface area contributed by atoms with Crippen molar-refractivity contribution in [1.29, 1.82) is 0 Å². The van der Waals surface area contributed by atoms with Crippen LogP contribution < -0.4 is 0 Å². The zero-order valence-corrected chi connectivity index (χ0v) is 13.0. The lowest BCUT2D eigenvalue weighted by Crippen LogP contribution is -2.64. The van der Waals surface area contributed by atoms with E-state index in [2.05, 4.69) is 4.74 Å². The van der Waals surface area contributed by atoms with Gasteiger partial charge in [-0.3, -0.25) is 14.3 Å². The summed E-state index contributed by atoms with van der Waals surface area (Å²) in [5.74, 6) is -14.0. The third-order valence-corrected chi connectivity index (χ3v) is 2.49. The van der Waals surface area contributed by atoms with Gasteiger partial charge >= 0.3 is 42.5 Å². The summed E-state index contributed by atoms with van der Waals surface area (Å²) < 4.78 is 208. The number of hydrogen-bond donors (Lipinski definition) is 0. The van der Waals surface area contributed by atoms with E-state index in [-0.39, 0.29) is 0 Å². The molecular weight excluding hydrogens is 488 g/mol. The lowest BCUT2D eigenvalue weighted by molar-refractivity contribution is -0.530. The molecule has 0 bridgehead atoms. The zero-order valence-electron chi connectivity index (χ0n) is 13.0. The number of aldehydes is 1. The van der Waals surface area contributed by atoms with Crippen molar-refractivity contribution in [3.8, 4) is 0 Å². The highest BCUT2D eigenvalue weighted by atomic mass is 19.4. The quantitative estimate of drug-likeness (QED) is 0.327. The van der Waals surface area contributed by atoms with E-state index < -0.39 is 61.7 Å². The molecular formula is C10H4F16O4. The molecule has 0 fully saturated rings. The summed E-state index contributed by atoms with van der Waals surface area (Å²) in [7, 11) is 0. The second-order valence-corrected chi connectivity index (χ2v) is 4.87. The van der Waals surface area contributed by atoms with Crippen LogP contribution in [0.3, 0.4) is 0 Å². The minimum absolute atomic E-state index is 1.62. The van der Waals surface area contributed by atoms with Crippen molar-refractivity contribution < 1.29 is 89.3 Å². The van der Waals surface area contributed by atoms with E-state index in [1.54, 1.807) is 4.74 Å². The molecule has 0 heterocycles. The standard InChI is InChI=1S/C10H4F16O4/c11-3(6(17,18)28-2-5(14,15)16)29-10(25,26)7(19,8(20,21)22)30-9(23,24)4(12,13)1-27/h1,3H,2H2. The molecule has 0 rings (SSSR count). The SMILES string of the molecule is O=CC(F)(F)C(F)(F)OC(F)(C(F)(F)F)C(F)(F)OC(F)C(F)(F)OCC(F)(F)F. The second-order valence-electron chi connectivity index (χ2n) is 4.87. The Hall–Kier alpha value is -1.57. The van der Waals surface area contributed by atoms with Crippen molar-refractivity contribution in [1.82, 2.24) is 0 Å². The first-order valence-electron chi connectivity index (χ1n) is 6.31. The van der Waals surface area contributed by atoms with Crippen LogP contribution in [0.15, 0.2) is 0 Å². The van der Waals surface area contributed by atoms with Gasteiger partial charge in [-0.25, -0.2) is 4.39 Å². The monoisotopic (exact) mass is 492 g/mol. The maximum Gasteiger partial charge on any atom is 0.458 e. The minimum atomic E-state index is -7.57. The maximum absolute atomic E-state index is 13.6. The number of rotatable bonds is 10. The van der Waals surface area contributed by atoms with E-state index in [4.69, 9.17) is 0 Å². The highest BCUT2D eigenvalue weighted by Crippen LogP contribution is 2.52. The first kappa shape index (κ1) is 28.4. The van der Waals surface area contributed by atoms with E-state index in [1.165, 1.54) is 0 Å². The molecule has 30 heavy (non-hydrogen) atoms. The normalized spacial score (nSPS) is 18.1. The first-order valence-corrected chi connectivity index (χ1v) is 6.31. The van der Waals surface area contributed by atoms with Crippen molar-refractivity contribution in [3.05, 3.63) is 0 Å². The van der Waals surface area contributed by atoms with Gasteiger partial charge in [0, 0.05) is 0 Å². The number of hydrogen-bond acceptors (Lipinski definition) is 4. The Labute approximate surface area is 152 Å². The summed E-state index contributed by atoms with van der Waals surface area (Å²) in [6.07, 6.45) is -41.5. The van der Waals surface area contributed by atoms with E-state index in [0.29, 0.717) is 0 Å². The topological polar surface area (TPSA) is 44.8 Å². The molecule has 2 unspecified atom stereocenters. The van der Waals surface area contributed by atoms with Crippen molar-refractivity contribution in [2.75, 3.05) is 6.61 Å². The Morgan fingerprint density at radius 3 is 1.50 bits per heavy atom. The van der Waals surface area contributed by atoms with E-state index in [0.717, 1.165) is 0 Å². The van der Waals surface area contributed by atoms with Crippen LogP contribution >= 0.6 is 0 Å². The Morgan fingerprint density at radius 1 is 0.733 bits per heavy atom. The maximum atomic E-state index is 13.6. The molecule has 0 spiro atoms. The lowest BCUT2D eigenvalue weighted by Gasteiger charge is -2.37. The summed E-state index contributed by atoms with van der Waals surface area (Å²) >= 11 is 0. The third-order valence-electron chi connectivity index (χ3n) is 2.49. The van der Waals surface area contributed by atoms with Crippen LogP contribution in [0.4, 0.5) is 70.2 Å². The molecule has 180 valence electrons. The predicted octanol–water partition coefficient (Wildman–Crippen LogP) is 4.73. The number of halogens is 16. The van der Waals surface area contributed by atoms with Crippen LogP contribution in [0.1, 0.15) is 0 Å². The van der Waals surface area contributed by atoms with Gasteiger partial charge in [0.2, 0.25) is 0 Å². The fraction of sp³-hybridized carbons (Fsp3) is 0.900. The van der Waals surface area contributed by atoms with Gasteiger partial charge in [0.1, 0.15) is 6.61 Å². The van der Waals surface area contributed by atoms with Crippen LogP contribution in [-0.2, 0) is 19.0 Å². The molecule has 0 aliphatic rings. The molecule has 0 aromatic carbocycles. The van der Waals surface area contributed by atoms with Gasteiger partial charge < -0.3 is 4.74 Å². The van der Waals surface area contributed by atoms with Crippen molar-refractivity contribution >= 4 is 6.29 Å². The first-order chi connectivity index (χ1) is 12.9. The Bertz CT molecular complexity index is 598. The molecule has 0 aliphatic heterocycles. The fourth-order valence-electron chi connectivity index (χ4n) is 1.11. The number of carbonyl (C=O) groups excluding carboxylic acids is 1. The molecule has 0 saturated carbocycles. The average Bonchev–Trinajstić information content (AvgIpc) is 2.50. The summed E-state index contributed by atoms with van der Waals surface area (Å²) in [5, 5.41) is 0. The number of carbonyl (C=O) groups is 1. The van der Waals surface area contributed by atoms with E-state index >= 15 is 0 Å². The van der Waals surface area contributed by atoms with Gasteiger partial charge in [0.05, 0.1) is 0 Å². The molecule has 0 N–H and O–H groups in total. The average molecular weight is 492 g/mol. The minimum Gasteiger partial charge on any atom is -0.307 e. The highest BCUT2D eigenvalue weighted by molar-refractivity contribution is 5.61.